The van der Waals surface area contributed by atoms with Crippen molar-refractivity contribution in [2.45, 2.75) is 58.9 Å². The van der Waals surface area contributed by atoms with E-state index in [4.69, 9.17) is 5.11 Å². The fourth-order valence-corrected chi connectivity index (χ4v) is 4.30. The number of aliphatic carboxylic acids is 1. The minimum atomic E-state index is -3.87. The van der Waals surface area contributed by atoms with Crippen molar-refractivity contribution in [2.24, 2.45) is 0 Å². The summed E-state index contributed by atoms with van der Waals surface area (Å²) in [6, 6.07) is -1.12. The summed E-state index contributed by atoms with van der Waals surface area (Å²) in [6.07, 6.45) is 0.191. The van der Waals surface area contributed by atoms with E-state index in [9.17, 15) is 13.2 Å². The largest absolute Gasteiger partial charge is 0.480 e. The number of rotatable bonds is 5. The Labute approximate surface area is 126 Å². The fourth-order valence-electron chi connectivity index (χ4n) is 2.42. The molecular weight excluding hydrogens is 290 g/mol. The number of carboxylic acids is 1. The highest BCUT2D eigenvalue weighted by atomic mass is 32.2. The van der Waals surface area contributed by atoms with Gasteiger partial charge in [-0.25, -0.2) is 8.42 Å². The minimum absolute atomic E-state index is 0.191. The van der Waals surface area contributed by atoms with Gasteiger partial charge in [-0.1, -0.05) is 6.92 Å². The summed E-state index contributed by atoms with van der Waals surface area (Å²) in [5, 5.41) is 9.05. The lowest BCUT2D eigenvalue weighted by Crippen LogP contribution is -2.40. The van der Waals surface area contributed by atoms with E-state index in [1.165, 1.54) is 0 Å². The number of sulfonamides is 1. The van der Waals surface area contributed by atoms with Crippen molar-refractivity contribution in [3.05, 3.63) is 27.8 Å². The van der Waals surface area contributed by atoms with Crippen LogP contribution >= 0.6 is 0 Å². The first-order chi connectivity index (χ1) is 9.54. The molecule has 0 saturated heterocycles. The van der Waals surface area contributed by atoms with Crippen molar-refractivity contribution in [3.63, 3.8) is 0 Å². The van der Waals surface area contributed by atoms with E-state index in [1.54, 1.807) is 20.8 Å². The summed E-state index contributed by atoms with van der Waals surface area (Å²) in [5.41, 5.74) is 4.24. The Kier molecular flexibility index (Phi) is 5.17. The molecule has 2 N–H and O–H groups in total. The van der Waals surface area contributed by atoms with Gasteiger partial charge in [-0.3, -0.25) is 4.79 Å². The number of nitrogens with one attached hydrogen (secondary N) is 1. The van der Waals surface area contributed by atoms with E-state index >= 15 is 0 Å². The maximum atomic E-state index is 12.6. The molecule has 0 fully saturated rings. The van der Waals surface area contributed by atoms with Gasteiger partial charge in [-0.15, -0.1) is 0 Å². The molecule has 118 valence electrons. The summed E-state index contributed by atoms with van der Waals surface area (Å²) in [7, 11) is -3.87. The summed E-state index contributed by atoms with van der Waals surface area (Å²) >= 11 is 0. The van der Waals surface area contributed by atoms with Crippen LogP contribution in [0.2, 0.25) is 0 Å². The van der Waals surface area contributed by atoms with Gasteiger partial charge in [0.15, 0.2) is 0 Å². The number of hydrogen-bond acceptors (Lipinski definition) is 3. The molecule has 0 saturated carbocycles. The molecule has 0 aromatic heterocycles. The lowest BCUT2D eigenvalue weighted by Gasteiger charge is -2.20. The van der Waals surface area contributed by atoms with Gasteiger partial charge in [0.1, 0.15) is 6.04 Å². The van der Waals surface area contributed by atoms with Crippen molar-refractivity contribution >= 4 is 16.0 Å². The highest BCUT2D eigenvalue weighted by molar-refractivity contribution is 7.89. The van der Waals surface area contributed by atoms with Crippen LogP contribution in [0.15, 0.2) is 4.90 Å². The second-order valence-corrected chi connectivity index (χ2v) is 7.03. The molecule has 0 unspecified atom stereocenters. The van der Waals surface area contributed by atoms with Crippen LogP contribution in [0.25, 0.3) is 0 Å². The van der Waals surface area contributed by atoms with Crippen molar-refractivity contribution in [3.8, 4) is 0 Å². The molecule has 1 aromatic rings. The first-order valence-corrected chi connectivity index (χ1v) is 8.35. The molecular formula is C15H23NO4S. The Hall–Kier alpha value is -1.40. The third-order valence-electron chi connectivity index (χ3n) is 4.20. The average molecular weight is 313 g/mol. The van der Waals surface area contributed by atoms with Gasteiger partial charge in [0.2, 0.25) is 10.0 Å². The van der Waals surface area contributed by atoms with Crippen molar-refractivity contribution < 1.29 is 18.3 Å². The van der Waals surface area contributed by atoms with Gasteiger partial charge in [0, 0.05) is 0 Å². The van der Waals surface area contributed by atoms with Gasteiger partial charge < -0.3 is 5.11 Å². The molecule has 1 rings (SSSR count). The van der Waals surface area contributed by atoms with E-state index in [2.05, 4.69) is 4.72 Å². The van der Waals surface area contributed by atoms with E-state index < -0.39 is 22.0 Å². The highest BCUT2D eigenvalue weighted by Crippen LogP contribution is 2.29. The quantitative estimate of drug-likeness (QED) is 0.874. The van der Waals surface area contributed by atoms with Gasteiger partial charge in [-0.05, 0) is 68.9 Å². The molecule has 0 amide bonds. The number of hydrogen-bond donors (Lipinski definition) is 2. The first kappa shape index (κ1) is 17.7. The lowest BCUT2D eigenvalue weighted by atomic mass is 9.95. The maximum Gasteiger partial charge on any atom is 0.321 e. The van der Waals surface area contributed by atoms with Crippen LogP contribution < -0.4 is 4.72 Å². The monoisotopic (exact) mass is 313 g/mol. The summed E-state index contributed by atoms with van der Waals surface area (Å²) in [5.74, 6) is -1.17. The Morgan fingerprint density at radius 2 is 1.38 bits per heavy atom. The van der Waals surface area contributed by atoms with Crippen LogP contribution in [0.3, 0.4) is 0 Å². The van der Waals surface area contributed by atoms with Crippen molar-refractivity contribution in [1.29, 1.82) is 0 Å². The number of carbonyl (C=O) groups is 1. The normalized spacial score (nSPS) is 13.2. The molecule has 1 aromatic carbocycles. The third kappa shape index (κ3) is 3.27. The van der Waals surface area contributed by atoms with Gasteiger partial charge in [0.05, 0.1) is 4.90 Å². The van der Waals surface area contributed by atoms with Crippen LogP contribution in [-0.4, -0.2) is 25.5 Å². The lowest BCUT2D eigenvalue weighted by molar-refractivity contribution is -0.139. The van der Waals surface area contributed by atoms with Gasteiger partial charge in [0.25, 0.3) is 0 Å². The Bertz CT molecular complexity index is 648. The minimum Gasteiger partial charge on any atom is -0.480 e. The molecule has 0 radical (unpaired) electrons. The number of benzene rings is 1. The SMILES string of the molecule is CC[C@H](NS(=O)(=O)c1c(C)c(C)c(C)c(C)c1C)C(=O)O. The molecule has 0 aliphatic rings. The van der Waals surface area contributed by atoms with Crippen LogP contribution in [-0.2, 0) is 14.8 Å². The van der Waals surface area contributed by atoms with Gasteiger partial charge in [-0.2, -0.15) is 4.72 Å². The zero-order valence-corrected chi connectivity index (χ0v) is 14.2. The Morgan fingerprint density at radius 1 is 1.00 bits per heavy atom. The zero-order chi connectivity index (χ0) is 16.5. The highest BCUT2D eigenvalue weighted by Gasteiger charge is 2.28. The Morgan fingerprint density at radius 3 is 1.71 bits per heavy atom. The zero-order valence-electron chi connectivity index (χ0n) is 13.4. The van der Waals surface area contributed by atoms with E-state index in [0.29, 0.717) is 11.1 Å². The van der Waals surface area contributed by atoms with Crippen LogP contribution in [0.5, 0.6) is 0 Å². The van der Waals surface area contributed by atoms with Crippen LogP contribution in [0, 0.1) is 34.6 Å². The average Bonchev–Trinajstić information content (AvgIpc) is 2.40. The third-order valence-corrected chi connectivity index (χ3v) is 5.95. The molecule has 0 heterocycles. The second-order valence-electron chi connectivity index (χ2n) is 5.37. The molecule has 0 spiro atoms. The van der Waals surface area contributed by atoms with Crippen molar-refractivity contribution in [2.75, 3.05) is 0 Å². The number of carboxylic acid groups (broad SMARTS) is 1. The van der Waals surface area contributed by atoms with E-state index in [0.717, 1.165) is 16.7 Å². The first-order valence-electron chi connectivity index (χ1n) is 6.86. The predicted molar refractivity (Wildman–Crippen MR) is 82.2 cm³/mol. The Balaban J connectivity index is 3.50. The van der Waals surface area contributed by atoms with E-state index in [1.807, 2.05) is 20.8 Å². The molecule has 6 heteroatoms. The van der Waals surface area contributed by atoms with Crippen LogP contribution in [0.4, 0.5) is 0 Å². The van der Waals surface area contributed by atoms with Crippen molar-refractivity contribution in [1.82, 2.24) is 4.72 Å². The second kappa shape index (κ2) is 6.15. The standard InChI is InChI=1S/C15H23NO4S/c1-7-13(15(17)18)16-21(19,20)14-11(5)9(3)8(2)10(4)12(14)6/h13,16H,7H2,1-6H3,(H,17,18)/t13-/m0/s1. The molecule has 21 heavy (non-hydrogen) atoms. The smallest absolute Gasteiger partial charge is 0.321 e. The molecule has 0 aliphatic carbocycles. The fraction of sp³-hybridized carbons (Fsp3) is 0.533. The van der Waals surface area contributed by atoms with E-state index in [-0.39, 0.29) is 11.3 Å². The molecule has 0 bridgehead atoms. The maximum absolute atomic E-state index is 12.6. The van der Waals surface area contributed by atoms with Crippen LogP contribution in [0.1, 0.15) is 41.2 Å². The summed E-state index contributed by atoms with van der Waals surface area (Å²) in [4.78, 5) is 11.3. The van der Waals surface area contributed by atoms with Gasteiger partial charge >= 0.3 is 5.97 Å². The summed E-state index contributed by atoms with van der Waals surface area (Å²) in [6.45, 7) is 10.9. The topological polar surface area (TPSA) is 83.5 Å². The summed E-state index contributed by atoms with van der Waals surface area (Å²) < 4.78 is 27.5. The molecule has 5 nitrogen and oxygen atoms in total. The predicted octanol–water partition coefficient (Wildman–Crippen LogP) is 2.37. The molecule has 0 aliphatic heterocycles. The molecule has 1 atom stereocenters.